The Morgan fingerprint density at radius 2 is 1.78 bits per heavy atom. The average molecular weight is 493 g/mol. The lowest BCUT2D eigenvalue weighted by atomic mass is 9.84. The number of aryl methyl sites for hydroxylation is 1. The number of carbonyl (C=O) groups is 2. The van der Waals surface area contributed by atoms with Gasteiger partial charge in [-0.05, 0) is 57.1 Å². The van der Waals surface area contributed by atoms with E-state index in [2.05, 4.69) is 40.7 Å². The Labute approximate surface area is 215 Å². The molecule has 7 heteroatoms. The van der Waals surface area contributed by atoms with Gasteiger partial charge in [-0.25, -0.2) is 0 Å². The van der Waals surface area contributed by atoms with Gasteiger partial charge in [-0.15, -0.1) is 0 Å². The molecule has 7 nitrogen and oxygen atoms in total. The highest BCUT2D eigenvalue weighted by atomic mass is 16.5. The largest absolute Gasteiger partial charge is 0.481 e. The number of anilines is 1. The molecule has 2 fully saturated rings. The van der Waals surface area contributed by atoms with Crippen molar-refractivity contribution in [3.8, 4) is 17.0 Å². The highest BCUT2D eigenvalue weighted by Crippen LogP contribution is 2.36. The molecule has 194 valence electrons. The van der Waals surface area contributed by atoms with Crippen LogP contribution in [0.3, 0.4) is 0 Å². The fourth-order valence-corrected chi connectivity index (χ4v) is 5.58. The summed E-state index contributed by atoms with van der Waals surface area (Å²) in [6.07, 6.45) is 6.00. The maximum atomic E-state index is 13.1. The van der Waals surface area contributed by atoms with E-state index in [1.54, 1.807) is 7.11 Å². The number of benzene rings is 1. The van der Waals surface area contributed by atoms with E-state index in [9.17, 15) is 9.59 Å². The lowest BCUT2D eigenvalue weighted by Gasteiger charge is -2.35. The highest BCUT2D eigenvalue weighted by molar-refractivity contribution is 5.81. The maximum Gasteiger partial charge on any atom is 0.223 e. The summed E-state index contributed by atoms with van der Waals surface area (Å²) in [6, 6.07) is 12.6. The van der Waals surface area contributed by atoms with Gasteiger partial charge in [-0.1, -0.05) is 43.7 Å². The first-order chi connectivity index (χ1) is 17.5. The van der Waals surface area contributed by atoms with Crippen molar-refractivity contribution in [3.05, 3.63) is 42.0 Å². The van der Waals surface area contributed by atoms with Crippen LogP contribution in [0.4, 0.5) is 5.82 Å². The van der Waals surface area contributed by atoms with Crippen LogP contribution in [0.2, 0.25) is 0 Å². The number of hydrogen-bond acceptors (Lipinski definition) is 5. The van der Waals surface area contributed by atoms with E-state index in [1.165, 1.54) is 0 Å². The molecule has 0 unspecified atom stereocenters. The summed E-state index contributed by atoms with van der Waals surface area (Å²) in [5.41, 5.74) is 3.33. The summed E-state index contributed by atoms with van der Waals surface area (Å²) in [7, 11) is 1.67. The summed E-state index contributed by atoms with van der Waals surface area (Å²) in [6.45, 7) is 6.25. The smallest absolute Gasteiger partial charge is 0.223 e. The molecule has 0 radical (unpaired) electrons. The van der Waals surface area contributed by atoms with E-state index in [0.29, 0.717) is 12.4 Å². The van der Waals surface area contributed by atoms with E-state index in [0.717, 1.165) is 80.5 Å². The second-order valence-electron chi connectivity index (χ2n) is 9.97. The van der Waals surface area contributed by atoms with Gasteiger partial charge in [0.15, 0.2) is 0 Å². The molecule has 1 aromatic carbocycles. The molecule has 2 amide bonds. The first-order valence-corrected chi connectivity index (χ1v) is 13.5. The Balaban J connectivity index is 1.42. The predicted octanol–water partition coefficient (Wildman–Crippen LogP) is 4.35. The normalized spacial score (nSPS) is 20.6. The lowest BCUT2D eigenvalue weighted by Crippen LogP contribution is -2.46. The van der Waals surface area contributed by atoms with Crippen LogP contribution >= 0.6 is 0 Å². The van der Waals surface area contributed by atoms with Crippen LogP contribution in [0.5, 0.6) is 5.88 Å². The van der Waals surface area contributed by atoms with E-state index in [1.807, 2.05) is 25.1 Å². The van der Waals surface area contributed by atoms with Crippen LogP contribution in [0.25, 0.3) is 11.1 Å². The minimum Gasteiger partial charge on any atom is -0.481 e. The topological polar surface area (TPSA) is 83.6 Å². The Bertz CT molecular complexity index is 1030. The Kier molecular flexibility index (Phi) is 8.83. The molecule has 0 bridgehead atoms. The van der Waals surface area contributed by atoms with Crippen LogP contribution < -0.4 is 20.3 Å². The van der Waals surface area contributed by atoms with Crippen molar-refractivity contribution in [3.63, 3.8) is 0 Å². The van der Waals surface area contributed by atoms with Gasteiger partial charge in [0.1, 0.15) is 5.82 Å². The van der Waals surface area contributed by atoms with Crippen molar-refractivity contribution in [2.75, 3.05) is 31.6 Å². The van der Waals surface area contributed by atoms with Crippen molar-refractivity contribution < 1.29 is 14.3 Å². The first kappa shape index (κ1) is 26.0. The van der Waals surface area contributed by atoms with E-state index < -0.39 is 0 Å². The molecule has 1 saturated carbocycles. The number of carbonyl (C=O) groups excluding carboxylic acids is 2. The number of methoxy groups -OCH3 is 1. The van der Waals surface area contributed by atoms with Gasteiger partial charge >= 0.3 is 0 Å². The molecule has 36 heavy (non-hydrogen) atoms. The van der Waals surface area contributed by atoms with Gasteiger partial charge in [0.2, 0.25) is 17.7 Å². The number of piperidine rings is 1. The number of pyridine rings is 1. The number of ether oxygens (including phenoxy) is 1. The molecule has 2 aliphatic rings. The number of rotatable bonds is 8. The Morgan fingerprint density at radius 3 is 2.44 bits per heavy atom. The van der Waals surface area contributed by atoms with Crippen molar-refractivity contribution in [2.45, 2.75) is 64.8 Å². The Hall–Kier alpha value is -3.09. The monoisotopic (exact) mass is 492 g/mol. The van der Waals surface area contributed by atoms with Crippen molar-refractivity contribution in [2.24, 2.45) is 11.8 Å². The van der Waals surface area contributed by atoms with Crippen molar-refractivity contribution in [1.82, 2.24) is 15.6 Å². The van der Waals surface area contributed by atoms with Gasteiger partial charge in [0, 0.05) is 48.6 Å². The third kappa shape index (κ3) is 6.00. The van der Waals surface area contributed by atoms with Crippen LogP contribution in [-0.4, -0.2) is 49.6 Å². The summed E-state index contributed by atoms with van der Waals surface area (Å²) < 4.78 is 5.61. The SMILES string of the molecule is CCNC(=O)[C@H]1CCC[C@H](NC(=O)C2CCN(c3nc(OC)c(CC)cc3-c3ccccc3)CC2)C1. The minimum absolute atomic E-state index is 0.00871. The molecule has 2 atom stereocenters. The van der Waals surface area contributed by atoms with Gasteiger partial charge in [-0.2, -0.15) is 4.98 Å². The quantitative estimate of drug-likeness (QED) is 0.573. The standard InChI is InChI=1S/C29H40N4O3/c1-4-20-19-25(21-10-7-6-8-11-21)26(32-29(20)36-3)33-16-14-22(15-17-33)28(35)31-24-13-9-12-23(18-24)27(34)30-5-2/h6-8,10-11,19,22-24H,4-5,9,12-18H2,1-3H3,(H,30,34)(H,31,35)/t23-,24-/m0/s1. The molecule has 4 rings (SSSR count). The zero-order valence-corrected chi connectivity index (χ0v) is 21.9. The van der Waals surface area contributed by atoms with Crippen molar-refractivity contribution >= 4 is 17.6 Å². The minimum atomic E-state index is -0.0110. The van der Waals surface area contributed by atoms with Gasteiger partial charge in [0.25, 0.3) is 0 Å². The highest BCUT2D eigenvalue weighted by Gasteiger charge is 2.32. The van der Waals surface area contributed by atoms with Gasteiger partial charge in [-0.3, -0.25) is 9.59 Å². The third-order valence-corrected chi connectivity index (χ3v) is 7.61. The molecule has 0 spiro atoms. The summed E-state index contributed by atoms with van der Waals surface area (Å²) in [5.74, 6) is 1.84. The zero-order chi connectivity index (χ0) is 25.5. The van der Waals surface area contributed by atoms with E-state index in [-0.39, 0.29) is 29.7 Å². The first-order valence-electron chi connectivity index (χ1n) is 13.5. The summed E-state index contributed by atoms with van der Waals surface area (Å²) in [4.78, 5) is 32.6. The molecule has 1 aliphatic carbocycles. The maximum absolute atomic E-state index is 13.1. The second kappa shape index (κ2) is 12.2. The summed E-state index contributed by atoms with van der Waals surface area (Å²) >= 11 is 0. The zero-order valence-electron chi connectivity index (χ0n) is 21.9. The van der Waals surface area contributed by atoms with E-state index >= 15 is 0 Å². The van der Waals surface area contributed by atoms with Crippen LogP contribution in [0, 0.1) is 11.8 Å². The molecule has 2 aromatic rings. The molecule has 2 N–H and O–H groups in total. The van der Waals surface area contributed by atoms with E-state index in [4.69, 9.17) is 9.72 Å². The van der Waals surface area contributed by atoms with Gasteiger partial charge < -0.3 is 20.3 Å². The van der Waals surface area contributed by atoms with Crippen LogP contribution in [0.1, 0.15) is 57.9 Å². The predicted molar refractivity (Wildman–Crippen MR) is 143 cm³/mol. The van der Waals surface area contributed by atoms with Crippen LogP contribution in [-0.2, 0) is 16.0 Å². The molecular weight excluding hydrogens is 452 g/mol. The Morgan fingerprint density at radius 1 is 1.03 bits per heavy atom. The molecule has 1 saturated heterocycles. The molecule has 1 aliphatic heterocycles. The molecule has 1 aromatic heterocycles. The number of nitrogens with zero attached hydrogens (tertiary/aromatic N) is 2. The van der Waals surface area contributed by atoms with Crippen molar-refractivity contribution in [1.29, 1.82) is 0 Å². The summed E-state index contributed by atoms with van der Waals surface area (Å²) in [5, 5.41) is 6.20. The molecule has 2 heterocycles. The molecular formula is C29H40N4O3. The number of hydrogen-bond donors (Lipinski definition) is 2. The second-order valence-corrected chi connectivity index (χ2v) is 9.97. The average Bonchev–Trinajstić information content (AvgIpc) is 2.93. The fraction of sp³-hybridized carbons (Fsp3) is 0.552. The van der Waals surface area contributed by atoms with Crippen LogP contribution in [0.15, 0.2) is 36.4 Å². The van der Waals surface area contributed by atoms with Gasteiger partial charge in [0.05, 0.1) is 7.11 Å². The number of aromatic nitrogens is 1. The number of amides is 2. The lowest BCUT2D eigenvalue weighted by molar-refractivity contribution is -0.129. The number of nitrogens with one attached hydrogen (secondary N) is 2. The fourth-order valence-electron chi connectivity index (χ4n) is 5.58. The third-order valence-electron chi connectivity index (χ3n) is 7.61.